The summed E-state index contributed by atoms with van der Waals surface area (Å²) in [6, 6.07) is 11.4. The number of esters is 1. The molecule has 162 valence electrons. The summed E-state index contributed by atoms with van der Waals surface area (Å²) in [5, 5.41) is 1.90. The summed E-state index contributed by atoms with van der Waals surface area (Å²) >= 11 is 0. The number of hydrogen-bond donors (Lipinski definition) is 0. The Kier molecular flexibility index (Phi) is 5.48. The quantitative estimate of drug-likeness (QED) is 0.689. The topological polar surface area (TPSA) is 72.5 Å². The van der Waals surface area contributed by atoms with Gasteiger partial charge < -0.3 is 28.4 Å². The third-order valence-electron chi connectivity index (χ3n) is 5.27. The van der Waals surface area contributed by atoms with Crippen molar-refractivity contribution in [1.82, 2.24) is 0 Å². The molecule has 0 aliphatic carbocycles. The summed E-state index contributed by atoms with van der Waals surface area (Å²) in [6.07, 6.45) is -1.02. The van der Waals surface area contributed by atoms with Crippen LogP contribution in [0.3, 0.4) is 0 Å². The Morgan fingerprint density at radius 2 is 1.73 bits per heavy atom. The maximum Gasteiger partial charge on any atom is 0.341 e. The average Bonchev–Trinajstić information content (AvgIpc) is 3.22. The van der Waals surface area contributed by atoms with Gasteiger partial charge in [-0.1, -0.05) is 24.3 Å². The molecule has 7 nitrogen and oxygen atoms in total. The minimum absolute atomic E-state index is 0.191. The first-order valence-electron chi connectivity index (χ1n) is 10.1. The van der Waals surface area contributed by atoms with Crippen LogP contribution in [0.2, 0.25) is 0 Å². The van der Waals surface area contributed by atoms with Crippen LogP contribution in [0.4, 0.5) is 0 Å². The fourth-order valence-electron chi connectivity index (χ4n) is 3.96. The zero-order valence-corrected chi connectivity index (χ0v) is 18.0. The standard InChI is InChI=1S/C23H28O7/c1-22(2)27-13-19(28-22)20-18(29-23(3,4)30-20)12-26-17-11-15-9-7-6-8-14(15)10-16(17)21(24)25-5/h6-11,18-20H,12-13H2,1-5H3/t18-,19-,20+/m1/s1. The summed E-state index contributed by atoms with van der Waals surface area (Å²) in [4.78, 5) is 12.3. The highest BCUT2D eigenvalue weighted by Gasteiger charge is 2.50. The summed E-state index contributed by atoms with van der Waals surface area (Å²) in [6.45, 7) is 8.07. The lowest BCUT2D eigenvalue weighted by atomic mass is 10.1. The van der Waals surface area contributed by atoms with Gasteiger partial charge in [-0.05, 0) is 50.6 Å². The zero-order valence-electron chi connectivity index (χ0n) is 18.0. The van der Waals surface area contributed by atoms with Gasteiger partial charge in [0, 0.05) is 0 Å². The molecule has 2 aromatic carbocycles. The molecule has 30 heavy (non-hydrogen) atoms. The molecule has 7 heteroatoms. The smallest absolute Gasteiger partial charge is 0.341 e. The molecule has 2 aromatic rings. The van der Waals surface area contributed by atoms with Crippen LogP contribution in [0.15, 0.2) is 36.4 Å². The Morgan fingerprint density at radius 1 is 1.03 bits per heavy atom. The predicted octanol–water partition coefficient (Wildman–Crippen LogP) is 3.68. The summed E-state index contributed by atoms with van der Waals surface area (Å²) in [7, 11) is 1.35. The first kappa shape index (κ1) is 21.1. The molecule has 0 aromatic heterocycles. The van der Waals surface area contributed by atoms with Crippen LogP contribution in [0, 0.1) is 0 Å². The number of ether oxygens (including phenoxy) is 6. The number of rotatable bonds is 5. The zero-order chi connectivity index (χ0) is 21.5. The van der Waals surface area contributed by atoms with Crippen molar-refractivity contribution in [3.05, 3.63) is 42.0 Å². The molecule has 0 saturated carbocycles. The average molecular weight is 416 g/mol. The molecule has 2 saturated heterocycles. The molecule has 0 bridgehead atoms. The first-order valence-corrected chi connectivity index (χ1v) is 10.1. The monoisotopic (exact) mass is 416 g/mol. The van der Waals surface area contributed by atoms with Gasteiger partial charge in [-0.3, -0.25) is 0 Å². The molecule has 0 N–H and O–H groups in total. The van der Waals surface area contributed by atoms with Gasteiger partial charge in [0.25, 0.3) is 0 Å². The Morgan fingerprint density at radius 3 is 2.37 bits per heavy atom. The van der Waals surface area contributed by atoms with Gasteiger partial charge in [-0.2, -0.15) is 0 Å². The molecule has 0 radical (unpaired) electrons. The number of methoxy groups -OCH3 is 1. The molecule has 2 aliphatic heterocycles. The minimum atomic E-state index is -0.774. The van der Waals surface area contributed by atoms with E-state index < -0.39 is 17.5 Å². The number of fused-ring (bicyclic) bond motifs is 1. The molecular weight excluding hydrogens is 388 g/mol. The molecule has 0 amide bonds. The van der Waals surface area contributed by atoms with Gasteiger partial charge in [0.15, 0.2) is 11.6 Å². The largest absolute Gasteiger partial charge is 0.490 e. The summed E-state index contributed by atoms with van der Waals surface area (Å²) in [5.74, 6) is -1.45. The lowest BCUT2D eigenvalue weighted by Gasteiger charge is -2.24. The van der Waals surface area contributed by atoms with Gasteiger partial charge in [-0.25, -0.2) is 4.79 Å². The van der Waals surface area contributed by atoms with Gasteiger partial charge in [0.1, 0.15) is 36.2 Å². The van der Waals surface area contributed by atoms with Crippen LogP contribution in [0.1, 0.15) is 38.1 Å². The Bertz CT molecular complexity index is 936. The third-order valence-corrected chi connectivity index (χ3v) is 5.27. The van der Waals surface area contributed by atoms with Crippen molar-refractivity contribution in [2.75, 3.05) is 20.3 Å². The highest BCUT2D eigenvalue weighted by molar-refractivity contribution is 5.98. The van der Waals surface area contributed by atoms with E-state index in [0.717, 1.165) is 10.8 Å². The lowest BCUT2D eigenvalue weighted by molar-refractivity contribution is -0.174. The molecule has 0 unspecified atom stereocenters. The molecule has 2 fully saturated rings. The molecule has 2 aliphatic rings. The molecule has 4 rings (SSSR count). The van der Waals surface area contributed by atoms with Crippen molar-refractivity contribution in [2.45, 2.75) is 57.6 Å². The second-order valence-electron chi connectivity index (χ2n) is 8.50. The van der Waals surface area contributed by atoms with Crippen LogP contribution in [0.25, 0.3) is 10.8 Å². The Labute approximate surface area is 176 Å². The van der Waals surface area contributed by atoms with Crippen LogP contribution in [0.5, 0.6) is 5.75 Å². The van der Waals surface area contributed by atoms with Gasteiger partial charge in [0.2, 0.25) is 0 Å². The van der Waals surface area contributed by atoms with Crippen molar-refractivity contribution >= 4 is 16.7 Å². The number of carbonyl (C=O) groups is 1. The predicted molar refractivity (Wildman–Crippen MR) is 110 cm³/mol. The fraction of sp³-hybridized carbons (Fsp3) is 0.522. The second kappa shape index (κ2) is 7.81. The van der Waals surface area contributed by atoms with Crippen molar-refractivity contribution in [2.24, 2.45) is 0 Å². The van der Waals surface area contributed by atoms with E-state index >= 15 is 0 Å². The Hall–Kier alpha value is -2.19. The van der Waals surface area contributed by atoms with E-state index in [4.69, 9.17) is 28.4 Å². The van der Waals surface area contributed by atoms with E-state index in [1.807, 2.05) is 58.0 Å². The Balaban J connectivity index is 1.56. The van der Waals surface area contributed by atoms with Crippen molar-refractivity contribution in [3.8, 4) is 5.75 Å². The SMILES string of the molecule is COC(=O)c1cc2ccccc2cc1OC[C@H]1OC(C)(C)O[C@@H]1[C@H]1COC(C)(C)O1. The van der Waals surface area contributed by atoms with Gasteiger partial charge in [-0.15, -0.1) is 0 Å². The lowest BCUT2D eigenvalue weighted by Crippen LogP contribution is -2.41. The maximum absolute atomic E-state index is 12.3. The maximum atomic E-state index is 12.3. The van der Waals surface area contributed by atoms with Gasteiger partial charge >= 0.3 is 5.97 Å². The molecule has 2 heterocycles. The van der Waals surface area contributed by atoms with Gasteiger partial charge in [0.05, 0.1) is 13.7 Å². The van der Waals surface area contributed by atoms with E-state index in [1.54, 1.807) is 6.07 Å². The summed E-state index contributed by atoms with van der Waals surface area (Å²) in [5.41, 5.74) is 0.368. The first-order chi connectivity index (χ1) is 14.2. The van der Waals surface area contributed by atoms with Crippen molar-refractivity contribution in [3.63, 3.8) is 0 Å². The van der Waals surface area contributed by atoms with E-state index in [1.165, 1.54) is 7.11 Å². The van der Waals surface area contributed by atoms with E-state index in [0.29, 0.717) is 17.9 Å². The molecular formula is C23H28O7. The minimum Gasteiger partial charge on any atom is -0.490 e. The number of carbonyl (C=O) groups excluding carboxylic acids is 1. The molecule has 0 spiro atoms. The van der Waals surface area contributed by atoms with Crippen LogP contribution in [-0.4, -0.2) is 56.2 Å². The highest BCUT2D eigenvalue weighted by Crippen LogP contribution is 2.36. The van der Waals surface area contributed by atoms with Crippen molar-refractivity contribution in [1.29, 1.82) is 0 Å². The normalized spacial score (nSPS) is 27.3. The van der Waals surface area contributed by atoms with Crippen molar-refractivity contribution < 1.29 is 33.2 Å². The van der Waals surface area contributed by atoms with E-state index in [-0.39, 0.29) is 24.9 Å². The van der Waals surface area contributed by atoms with Crippen LogP contribution in [-0.2, 0) is 23.7 Å². The number of hydrogen-bond acceptors (Lipinski definition) is 7. The number of benzene rings is 2. The molecule has 3 atom stereocenters. The third kappa shape index (κ3) is 4.30. The van der Waals surface area contributed by atoms with E-state index in [9.17, 15) is 4.79 Å². The summed E-state index contributed by atoms with van der Waals surface area (Å²) < 4.78 is 34.9. The van der Waals surface area contributed by atoms with Crippen LogP contribution >= 0.6 is 0 Å². The van der Waals surface area contributed by atoms with E-state index in [2.05, 4.69) is 0 Å². The van der Waals surface area contributed by atoms with Crippen LogP contribution < -0.4 is 4.74 Å². The second-order valence-corrected chi connectivity index (χ2v) is 8.50. The highest BCUT2D eigenvalue weighted by atomic mass is 16.8. The fourth-order valence-corrected chi connectivity index (χ4v) is 3.96.